The number of anilines is 1. The zero-order chi connectivity index (χ0) is 15.7. The van der Waals surface area contributed by atoms with Gasteiger partial charge in [0.2, 0.25) is 0 Å². The van der Waals surface area contributed by atoms with Crippen molar-refractivity contribution in [3.63, 3.8) is 0 Å². The molecule has 4 nitrogen and oxygen atoms in total. The average Bonchev–Trinajstić information content (AvgIpc) is 2.31. The average molecular weight is 311 g/mol. The zero-order valence-corrected chi connectivity index (χ0v) is 11.8. The number of carbonyl (C=O) groups is 1. The fraction of sp³-hybridized carbons (Fsp3) is 0.417. The van der Waals surface area contributed by atoms with Gasteiger partial charge in [0, 0.05) is 11.1 Å². The van der Waals surface area contributed by atoms with Gasteiger partial charge in [0.25, 0.3) is 5.91 Å². The van der Waals surface area contributed by atoms with E-state index in [0.29, 0.717) is 17.5 Å². The molecule has 20 heavy (non-hydrogen) atoms. The Kier molecular flexibility index (Phi) is 4.55. The number of rotatable bonds is 3. The van der Waals surface area contributed by atoms with Crippen LogP contribution in [0.25, 0.3) is 0 Å². The Morgan fingerprint density at radius 1 is 1.40 bits per heavy atom. The highest BCUT2D eigenvalue weighted by Crippen LogP contribution is 2.33. The zero-order valence-electron chi connectivity index (χ0n) is 11.1. The topological polar surface area (TPSA) is 64.3 Å². The lowest BCUT2D eigenvalue weighted by Crippen LogP contribution is -2.59. The maximum atomic E-state index is 12.7. The monoisotopic (exact) mass is 310 g/mol. The summed E-state index contributed by atoms with van der Waals surface area (Å²) < 4.78 is 43.0. The van der Waals surface area contributed by atoms with Crippen molar-refractivity contribution in [3.05, 3.63) is 22.7 Å². The number of benzene rings is 1. The van der Waals surface area contributed by atoms with E-state index in [-0.39, 0.29) is 11.4 Å². The van der Waals surface area contributed by atoms with E-state index < -0.39 is 17.6 Å². The second kappa shape index (κ2) is 5.49. The second-order valence-electron chi connectivity index (χ2n) is 4.46. The molecule has 0 aromatic heterocycles. The van der Waals surface area contributed by atoms with Crippen molar-refractivity contribution in [2.75, 3.05) is 12.4 Å². The molecule has 1 rings (SSSR count). The Morgan fingerprint density at radius 3 is 2.40 bits per heavy atom. The van der Waals surface area contributed by atoms with E-state index in [1.165, 1.54) is 19.2 Å². The van der Waals surface area contributed by atoms with Gasteiger partial charge in [-0.15, -0.1) is 0 Å². The summed E-state index contributed by atoms with van der Waals surface area (Å²) in [6.07, 6.45) is -4.87. The summed E-state index contributed by atoms with van der Waals surface area (Å²) in [6.45, 7) is 2.24. The molecule has 1 atom stereocenters. The molecule has 0 aliphatic carbocycles. The summed E-state index contributed by atoms with van der Waals surface area (Å²) in [5.74, 6) is -1.24. The minimum atomic E-state index is -4.87. The Bertz CT molecular complexity index is 530. The van der Waals surface area contributed by atoms with Gasteiger partial charge in [-0.2, -0.15) is 13.2 Å². The lowest BCUT2D eigenvalue weighted by Gasteiger charge is -2.26. The lowest BCUT2D eigenvalue weighted by molar-refractivity contribution is -0.184. The predicted octanol–water partition coefficient (Wildman–Crippen LogP) is 2.88. The van der Waals surface area contributed by atoms with Gasteiger partial charge in [-0.25, -0.2) is 0 Å². The van der Waals surface area contributed by atoms with E-state index in [9.17, 15) is 18.0 Å². The highest BCUT2D eigenvalue weighted by Gasteiger charge is 2.54. The lowest BCUT2D eigenvalue weighted by atomic mass is 10.0. The van der Waals surface area contributed by atoms with Gasteiger partial charge in [-0.05, 0) is 25.5 Å². The van der Waals surface area contributed by atoms with Crippen molar-refractivity contribution >= 4 is 23.2 Å². The van der Waals surface area contributed by atoms with Gasteiger partial charge < -0.3 is 15.8 Å². The van der Waals surface area contributed by atoms with Crippen molar-refractivity contribution in [1.29, 1.82) is 0 Å². The molecule has 1 aromatic carbocycles. The summed E-state index contributed by atoms with van der Waals surface area (Å²) in [5, 5.41) is 2.48. The maximum Gasteiger partial charge on any atom is 0.415 e. The van der Waals surface area contributed by atoms with E-state index in [4.69, 9.17) is 22.1 Å². The first kappa shape index (κ1) is 16.6. The van der Waals surface area contributed by atoms with Crippen molar-refractivity contribution in [3.8, 4) is 5.75 Å². The third-order valence-corrected chi connectivity index (χ3v) is 3.20. The smallest absolute Gasteiger partial charge is 0.415 e. The number of hydrogen-bond donors (Lipinski definition) is 2. The maximum absolute atomic E-state index is 12.7. The molecule has 0 radical (unpaired) electrons. The Hall–Kier alpha value is -1.47. The molecule has 0 aliphatic rings. The van der Waals surface area contributed by atoms with Crippen molar-refractivity contribution in [2.45, 2.75) is 25.6 Å². The molecule has 8 heteroatoms. The summed E-state index contributed by atoms with van der Waals surface area (Å²) in [6, 6.07) is 2.81. The third kappa shape index (κ3) is 3.16. The quantitative estimate of drug-likeness (QED) is 0.902. The fourth-order valence-electron chi connectivity index (χ4n) is 1.31. The van der Waals surface area contributed by atoms with E-state index in [1.54, 1.807) is 6.92 Å². The first-order valence-corrected chi connectivity index (χ1v) is 5.89. The molecule has 3 N–H and O–H groups in total. The van der Waals surface area contributed by atoms with Crippen LogP contribution in [-0.2, 0) is 4.79 Å². The number of ether oxygens (including phenoxy) is 1. The molecular formula is C12H14ClF3N2O2. The van der Waals surface area contributed by atoms with Gasteiger partial charge in [0.15, 0.2) is 5.54 Å². The Balaban J connectivity index is 3.11. The van der Waals surface area contributed by atoms with Gasteiger partial charge in [-0.3, -0.25) is 4.79 Å². The van der Waals surface area contributed by atoms with E-state index in [2.05, 4.69) is 5.32 Å². The van der Waals surface area contributed by atoms with E-state index in [1.807, 2.05) is 0 Å². The summed E-state index contributed by atoms with van der Waals surface area (Å²) in [5.41, 5.74) is 2.68. The molecule has 1 aromatic rings. The van der Waals surface area contributed by atoms with Crippen LogP contribution in [0.2, 0.25) is 5.02 Å². The van der Waals surface area contributed by atoms with Gasteiger partial charge >= 0.3 is 6.18 Å². The van der Waals surface area contributed by atoms with Gasteiger partial charge in [-0.1, -0.05) is 11.6 Å². The molecule has 0 saturated heterocycles. The van der Waals surface area contributed by atoms with Crippen LogP contribution in [-0.4, -0.2) is 24.7 Å². The highest BCUT2D eigenvalue weighted by atomic mass is 35.5. The fourth-order valence-corrected chi connectivity index (χ4v) is 1.46. The van der Waals surface area contributed by atoms with Crippen LogP contribution < -0.4 is 15.8 Å². The number of amides is 1. The van der Waals surface area contributed by atoms with Crippen LogP contribution in [0.4, 0.5) is 18.9 Å². The molecular weight excluding hydrogens is 297 g/mol. The van der Waals surface area contributed by atoms with Gasteiger partial charge in [0.05, 0.1) is 12.8 Å². The summed E-state index contributed by atoms with van der Waals surface area (Å²) >= 11 is 5.87. The number of nitrogens with one attached hydrogen (secondary N) is 1. The first-order chi connectivity index (χ1) is 9.00. The van der Waals surface area contributed by atoms with E-state index >= 15 is 0 Å². The van der Waals surface area contributed by atoms with Crippen LogP contribution in [0, 0.1) is 6.92 Å². The third-order valence-electron chi connectivity index (χ3n) is 2.79. The molecule has 1 unspecified atom stereocenters. The van der Waals surface area contributed by atoms with Crippen molar-refractivity contribution in [1.82, 2.24) is 0 Å². The number of nitrogens with two attached hydrogens (primary N) is 1. The first-order valence-electron chi connectivity index (χ1n) is 5.52. The number of aryl methyl sites for hydroxylation is 1. The van der Waals surface area contributed by atoms with Crippen LogP contribution >= 0.6 is 11.6 Å². The van der Waals surface area contributed by atoms with Crippen LogP contribution in [0.3, 0.4) is 0 Å². The molecule has 1 amide bonds. The normalized spacial score (nSPS) is 14.6. The molecule has 0 heterocycles. The van der Waals surface area contributed by atoms with E-state index in [0.717, 1.165) is 0 Å². The molecule has 0 bridgehead atoms. The minimum Gasteiger partial charge on any atom is -0.495 e. The standard InChI is InChI=1S/C12H14ClF3N2O2/c1-6-4-8(9(20-3)5-7(6)13)18-10(19)11(2,17)12(14,15)16/h4-5H,17H2,1-3H3,(H,18,19). The van der Waals surface area contributed by atoms with Crippen LogP contribution in [0.15, 0.2) is 12.1 Å². The highest BCUT2D eigenvalue weighted by molar-refractivity contribution is 6.31. The largest absolute Gasteiger partial charge is 0.495 e. The molecule has 112 valence electrons. The molecule has 0 fully saturated rings. The van der Waals surface area contributed by atoms with Gasteiger partial charge in [0.1, 0.15) is 5.75 Å². The van der Waals surface area contributed by atoms with Crippen molar-refractivity contribution in [2.24, 2.45) is 5.73 Å². The predicted molar refractivity (Wildman–Crippen MR) is 70.0 cm³/mol. The Labute approximate surface area is 119 Å². The molecule has 0 spiro atoms. The number of methoxy groups -OCH3 is 1. The molecule has 0 saturated carbocycles. The summed E-state index contributed by atoms with van der Waals surface area (Å²) in [4.78, 5) is 11.7. The molecule has 0 aliphatic heterocycles. The van der Waals surface area contributed by atoms with Crippen LogP contribution in [0.5, 0.6) is 5.75 Å². The SMILES string of the molecule is COc1cc(Cl)c(C)cc1NC(=O)C(C)(N)C(F)(F)F. The summed E-state index contributed by atoms with van der Waals surface area (Å²) in [7, 11) is 1.31. The Morgan fingerprint density at radius 2 is 1.95 bits per heavy atom. The number of halogens is 4. The number of carbonyl (C=O) groups excluding carboxylic acids is 1. The van der Waals surface area contributed by atoms with Crippen LogP contribution in [0.1, 0.15) is 12.5 Å². The number of hydrogen-bond acceptors (Lipinski definition) is 3. The minimum absolute atomic E-state index is 0.0697. The number of alkyl halides is 3. The van der Waals surface area contributed by atoms with Crippen molar-refractivity contribution < 1.29 is 22.7 Å². The second-order valence-corrected chi connectivity index (χ2v) is 4.86.